The van der Waals surface area contributed by atoms with Gasteiger partial charge in [-0.15, -0.1) is 0 Å². The molecule has 1 fully saturated rings. The summed E-state index contributed by atoms with van der Waals surface area (Å²) in [6.07, 6.45) is 6.04. The maximum Gasteiger partial charge on any atom is 0.242 e. The molecule has 1 unspecified atom stereocenters. The van der Waals surface area contributed by atoms with E-state index in [0.29, 0.717) is 6.04 Å². The molecule has 0 saturated heterocycles. The summed E-state index contributed by atoms with van der Waals surface area (Å²) < 4.78 is 0. The fourth-order valence-corrected chi connectivity index (χ4v) is 2.85. The van der Waals surface area contributed by atoms with Gasteiger partial charge in [-0.3, -0.25) is 4.79 Å². The van der Waals surface area contributed by atoms with Crippen molar-refractivity contribution in [3.05, 3.63) is 29.3 Å². The molecule has 1 atom stereocenters. The van der Waals surface area contributed by atoms with Crippen LogP contribution in [0.25, 0.3) is 0 Å². The molecule has 0 radical (unpaired) electrons. The Morgan fingerprint density at radius 3 is 2.55 bits per heavy atom. The van der Waals surface area contributed by atoms with Crippen LogP contribution in [0, 0.1) is 13.8 Å². The molecule has 0 spiro atoms. The summed E-state index contributed by atoms with van der Waals surface area (Å²) in [5, 5.41) is 6.48. The van der Waals surface area contributed by atoms with Crippen LogP contribution in [-0.4, -0.2) is 18.0 Å². The van der Waals surface area contributed by atoms with Crippen LogP contribution in [-0.2, 0) is 4.79 Å². The van der Waals surface area contributed by atoms with Crippen molar-refractivity contribution in [1.29, 1.82) is 0 Å². The molecule has 1 aliphatic carbocycles. The highest BCUT2D eigenvalue weighted by Gasteiger charge is 2.19. The molecule has 3 nitrogen and oxygen atoms in total. The van der Waals surface area contributed by atoms with Crippen LogP contribution < -0.4 is 10.6 Å². The van der Waals surface area contributed by atoms with Gasteiger partial charge in [-0.1, -0.05) is 37.0 Å². The van der Waals surface area contributed by atoms with E-state index in [1.54, 1.807) is 0 Å². The highest BCUT2D eigenvalue weighted by molar-refractivity contribution is 5.84. The van der Waals surface area contributed by atoms with Gasteiger partial charge in [-0.25, -0.2) is 0 Å². The van der Waals surface area contributed by atoms with Crippen LogP contribution in [0.1, 0.15) is 50.2 Å². The first-order valence-electron chi connectivity index (χ1n) is 7.70. The van der Waals surface area contributed by atoms with E-state index in [2.05, 4.69) is 42.7 Å². The predicted octanol–water partition coefficient (Wildman–Crippen LogP) is 3.55. The molecule has 1 saturated carbocycles. The molecular formula is C17H26N2O. The molecule has 2 N–H and O–H groups in total. The van der Waals surface area contributed by atoms with Gasteiger partial charge in [0.2, 0.25) is 5.91 Å². The lowest BCUT2D eigenvalue weighted by molar-refractivity contribution is -0.122. The smallest absolute Gasteiger partial charge is 0.242 e. The Bertz CT molecular complexity index is 464. The number of aryl methyl sites for hydroxylation is 2. The van der Waals surface area contributed by atoms with Crippen molar-refractivity contribution in [3.8, 4) is 0 Å². The van der Waals surface area contributed by atoms with Crippen molar-refractivity contribution in [2.75, 3.05) is 5.32 Å². The average molecular weight is 274 g/mol. The van der Waals surface area contributed by atoms with Gasteiger partial charge in [0, 0.05) is 11.7 Å². The Morgan fingerprint density at radius 1 is 1.20 bits per heavy atom. The second-order valence-corrected chi connectivity index (χ2v) is 6.03. The van der Waals surface area contributed by atoms with Crippen molar-refractivity contribution in [3.63, 3.8) is 0 Å². The number of nitrogens with one attached hydrogen (secondary N) is 2. The molecule has 110 valence electrons. The summed E-state index contributed by atoms with van der Waals surface area (Å²) in [5.41, 5.74) is 3.47. The van der Waals surface area contributed by atoms with Crippen molar-refractivity contribution >= 4 is 11.6 Å². The third kappa shape index (κ3) is 3.99. The Hall–Kier alpha value is -1.51. The Labute approximate surface area is 122 Å². The van der Waals surface area contributed by atoms with Gasteiger partial charge in [0.05, 0.1) is 0 Å². The maximum absolute atomic E-state index is 12.2. The first-order valence-corrected chi connectivity index (χ1v) is 7.70. The van der Waals surface area contributed by atoms with Crippen molar-refractivity contribution in [1.82, 2.24) is 5.32 Å². The summed E-state index contributed by atoms with van der Waals surface area (Å²) in [7, 11) is 0. The van der Waals surface area contributed by atoms with E-state index in [1.807, 2.05) is 6.92 Å². The molecule has 1 aromatic rings. The normalized spacial score (nSPS) is 17.6. The minimum absolute atomic E-state index is 0.108. The summed E-state index contributed by atoms with van der Waals surface area (Å²) >= 11 is 0. The van der Waals surface area contributed by atoms with Gasteiger partial charge >= 0.3 is 0 Å². The lowest BCUT2D eigenvalue weighted by atomic mass is 9.95. The van der Waals surface area contributed by atoms with Gasteiger partial charge in [0.15, 0.2) is 0 Å². The van der Waals surface area contributed by atoms with Crippen molar-refractivity contribution in [2.24, 2.45) is 0 Å². The van der Waals surface area contributed by atoms with Crippen LogP contribution in [0.5, 0.6) is 0 Å². The minimum atomic E-state index is -0.196. The van der Waals surface area contributed by atoms with Crippen LogP contribution in [0.3, 0.4) is 0 Å². The number of hydrogen-bond acceptors (Lipinski definition) is 2. The van der Waals surface area contributed by atoms with Crippen molar-refractivity contribution < 1.29 is 4.79 Å². The van der Waals surface area contributed by atoms with Gasteiger partial charge in [0.25, 0.3) is 0 Å². The zero-order valence-corrected chi connectivity index (χ0v) is 12.8. The zero-order chi connectivity index (χ0) is 14.5. The highest BCUT2D eigenvalue weighted by Crippen LogP contribution is 2.19. The topological polar surface area (TPSA) is 41.1 Å². The monoisotopic (exact) mass is 274 g/mol. The third-order valence-electron chi connectivity index (χ3n) is 4.10. The molecule has 0 bridgehead atoms. The third-order valence-corrected chi connectivity index (χ3v) is 4.10. The standard InChI is InChI=1S/C17H26N2O/c1-12-9-10-16(13(2)11-12)18-14(3)17(20)19-15-7-5-4-6-8-15/h9-11,14-15,18H,4-8H2,1-3H3,(H,19,20). The molecule has 2 rings (SSSR count). The lowest BCUT2D eigenvalue weighted by Crippen LogP contribution is -2.44. The summed E-state index contributed by atoms with van der Waals surface area (Å²) in [6.45, 7) is 6.08. The van der Waals surface area contributed by atoms with Crippen molar-refractivity contribution in [2.45, 2.75) is 65.0 Å². The van der Waals surface area contributed by atoms with Crippen LogP contribution in [0.4, 0.5) is 5.69 Å². The van der Waals surface area contributed by atoms with Gasteiger partial charge in [-0.2, -0.15) is 0 Å². The van der Waals surface area contributed by atoms with E-state index in [4.69, 9.17) is 0 Å². The Balaban J connectivity index is 1.89. The quantitative estimate of drug-likeness (QED) is 0.881. The van der Waals surface area contributed by atoms with Gasteiger partial charge < -0.3 is 10.6 Å². The molecule has 0 aliphatic heterocycles. The minimum Gasteiger partial charge on any atom is -0.374 e. The fourth-order valence-electron chi connectivity index (χ4n) is 2.85. The number of carbonyl (C=O) groups is 1. The number of hydrogen-bond donors (Lipinski definition) is 2. The molecular weight excluding hydrogens is 248 g/mol. The first-order chi connectivity index (χ1) is 9.56. The van der Waals surface area contributed by atoms with Crippen LogP contribution >= 0.6 is 0 Å². The van der Waals surface area contributed by atoms with Crippen LogP contribution in [0.2, 0.25) is 0 Å². The van der Waals surface area contributed by atoms with E-state index in [1.165, 1.54) is 30.4 Å². The van der Waals surface area contributed by atoms with Gasteiger partial charge in [-0.05, 0) is 45.2 Å². The zero-order valence-electron chi connectivity index (χ0n) is 12.8. The summed E-state index contributed by atoms with van der Waals surface area (Å²) in [5.74, 6) is 0.108. The van der Waals surface area contributed by atoms with E-state index >= 15 is 0 Å². The molecule has 3 heteroatoms. The van der Waals surface area contributed by atoms with E-state index in [9.17, 15) is 4.79 Å². The molecule has 0 aromatic heterocycles. The molecule has 0 heterocycles. The second-order valence-electron chi connectivity index (χ2n) is 6.03. The molecule has 1 aliphatic rings. The van der Waals surface area contributed by atoms with E-state index < -0.39 is 0 Å². The summed E-state index contributed by atoms with van der Waals surface area (Å²) in [4.78, 5) is 12.2. The Kier molecular flexibility index (Phi) is 5.05. The largest absolute Gasteiger partial charge is 0.374 e. The van der Waals surface area contributed by atoms with Gasteiger partial charge in [0.1, 0.15) is 6.04 Å². The number of carbonyl (C=O) groups excluding carboxylic acids is 1. The SMILES string of the molecule is Cc1ccc(NC(C)C(=O)NC2CCCCC2)c(C)c1. The fraction of sp³-hybridized carbons (Fsp3) is 0.588. The molecule has 1 amide bonds. The van der Waals surface area contributed by atoms with E-state index in [-0.39, 0.29) is 11.9 Å². The summed E-state index contributed by atoms with van der Waals surface area (Å²) in [6, 6.07) is 6.43. The van der Waals surface area contributed by atoms with Crippen LogP contribution in [0.15, 0.2) is 18.2 Å². The number of rotatable bonds is 4. The second kappa shape index (κ2) is 6.78. The lowest BCUT2D eigenvalue weighted by Gasteiger charge is -2.25. The highest BCUT2D eigenvalue weighted by atomic mass is 16.2. The predicted molar refractivity (Wildman–Crippen MR) is 84.0 cm³/mol. The Morgan fingerprint density at radius 2 is 1.90 bits per heavy atom. The first kappa shape index (κ1) is 14.9. The molecule has 20 heavy (non-hydrogen) atoms. The average Bonchev–Trinajstić information content (AvgIpc) is 2.43. The number of anilines is 1. The molecule has 1 aromatic carbocycles. The number of benzene rings is 1. The number of amides is 1. The van der Waals surface area contributed by atoms with E-state index in [0.717, 1.165) is 18.5 Å². The maximum atomic E-state index is 12.2.